The van der Waals surface area contributed by atoms with Crippen LogP contribution in [-0.4, -0.2) is 47.6 Å². The molecule has 32 heavy (non-hydrogen) atoms. The van der Waals surface area contributed by atoms with Gasteiger partial charge in [0.05, 0.1) is 13.2 Å². The summed E-state index contributed by atoms with van der Waals surface area (Å²) < 4.78 is 9.80. The molecule has 10 heteroatoms. The van der Waals surface area contributed by atoms with Gasteiger partial charge in [0.15, 0.2) is 11.4 Å². The van der Waals surface area contributed by atoms with Gasteiger partial charge in [-0.15, -0.1) is 0 Å². The number of ether oxygens (including phenoxy) is 2. The number of hydrogen-bond donors (Lipinski definition) is 4. The van der Waals surface area contributed by atoms with Crippen molar-refractivity contribution in [3.63, 3.8) is 0 Å². The molecule has 0 aromatic carbocycles. The molecular formula is C22H38N2O8. The van der Waals surface area contributed by atoms with Crippen LogP contribution in [0.1, 0.15) is 90.9 Å². The van der Waals surface area contributed by atoms with E-state index in [2.05, 4.69) is 13.8 Å². The number of carbonyl (C=O) groups is 4. The van der Waals surface area contributed by atoms with Crippen molar-refractivity contribution in [2.45, 2.75) is 90.9 Å². The van der Waals surface area contributed by atoms with Crippen LogP contribution in [0, 0.1) is 0 Å². The van der Waals surface area contributed by atoms with E-state index < -0.39 is 35.5 Å². The highest BCUT2D eigenvalue weighted by Gasteiger charge is 2.25. The molecule has 4 N–H and O–H groups in total. The molecule has 0 bridgehead atoms. The van der Waals surface area contributed by atoms with Crippen molar-refractivity contribution in [1.82, 2.24) is 10.6 Å². The van der Waals surface area contributed by atoms with E-state index in [0.29, 0.717) is 12.8 Å². The minimum atomic E-state index is -1.74. The number of hydrogen-bond acceptors (Lipinski definition) is 6. The molecule has 0 radical (unpaired) electrons. The van der Waals surface area contributed by atoms with Crippen LogP contribution in [-0.2, 0) is 19.1 Å². The van der Waals surface area contributed by atoms with Gasteiger partial charge in [-0.2, -0.15) is 0 Å². The fourth-order valence-electron chi connectivity index (χ4n) is 2.82. The maximum absolute atomic E-state index is 11.9. The molecule has 10 nitrogen and oxygen atoms in total. The van der Waals surface area contributed by atoms with Gasteiger partial charge in [0.2, 0.25) is 0 Å². The number of unbranched alkanes of at least 4 members (excludes halogenated alkanes) is 10. The summed E-state index contributed by atoms with van der Waals surface area (Å²) in [4.78, 5) is 46.6. The van der Waals surface area contributed by atoms with E-state index in [4.69, 9.17) is 9.47 Å². The average molecular weight is 459 g/mol. The summed E-state index contributed by atoms with van der Waals surface area (Å²) in [6.07, 6.45) is 9.44. The summed E-state index contributed by atoms with van der Waals surface area (Å²) >= 11 is 0. The van der Waals surface area contributed by atoms with E-state index in [-0.39, 0.29) is 13.2 Å². The monoisotopic (exact) mass is 458 g/mol. The Morgan fingerprint density at radius 2 is 0.875 bits per heavy atom. The predicted octanol–water partition coefficient (Wildman–Crippen LogP) is 4.54. The molecule has 0 aromatic heterocycles. The number of nitrogens with one attached hydrogen (secondary N) is 2. The van der Waals surface area contributed by atoms with Crippen molar-refractivity contribution in [3.05, 3.63) is 11.4 Å². The molecule has 0 unspecified atom stereocenters. The summed E-state index contributed by atoms with van der Waals surface area (Å²) in [6.45, 7) is 4.36. The fourth-order valence-corrected chi connectivity index (χ4v) is 2.82. The van der Waals surface area contributed by atoms with E-state index in [1.807, 2.05) is 10.6 Å². The molecular weight excluding hydrogens is 420 g/mol. The number of aliphatic carboxylic acids is 2. The summed E-state index contributed by atoms with van der Waals surface area (Å²) in [5, 5.41) is 22.3. The topological polar surface area (TPSA) is 151 Å². The Labute approximate surface area is 189 Å². The molecule has 0 aliphatic heterocycles. The molecule has 184 valence electrons. The Morgan fingerprint density at radius 1 is 0.562 bits per heavy atom. The van der Waals surface area contributed by atoms with Crippen molar-refractivity contribution < 1.29 is 38.9 Å². The number of alkyl carbamates (subject to hydrolysis) is 2. The Kier molecular flexibility index (Phi) is 17.3. The first-order valence-electron chi connectivity index (χ1n) is 11.4. The quantitative estimate of drug-likeness (QED) is 0.173. The summed E-state index contributed by atoms with van der Waals surface area (Å²) in [5.74, 6) is -3.48. The fraction of sp³-hybridized carbons (Fsp3) is 0.727. The molecule has 0 fully saturated rings. The second-order valence-electron chi connectivity index (χ2n) is 7.42. The molecule has 0 aliphatic carbocycles. The highest BCUT2D eigenvalue weighted by atomic mass is 16.6. The predicted molar refractivity (Wildman–Crippen MR) is 118 cm³/mol. The number of amides is 2. The van der Waals surface area contributed by atoms with E-state index in [1.54, 1.807) is 0 Å². The van der Waals surface area contributed by atoms with Crippen LogP contribution in [0.15, 0.2) is 11.4 Å². The minimum absolute atomic E-state index is 0.0704. The van der Waals surface area contributed by atoms with Crippen LogP contribution in [0.25, 0.3) is 0 Å². The third kappa shape index (κ3) is 15.1. The van der Waals surface area contributed by atoms with Crippen molar-refractivity contribution >= 4 is 24.1 Å². The molecule has 0 heterocycles. The van der Waals surface area contributed by atoms with Gasteiger partial charge in [0.1, 0.15) is 0 Å². The lowest BCUT2D eigenvalue weighted by Crippen LogP contribution is -2.37. The molecule has 0 atom stereocenters. The van der Waals surface area contributed by atoms with Crippen molar-refractivity contribution in [2.24, 2.45) is 0 Å². The van der Waals surface area contributed by atoms with E-state index in [0.717, 1.165) is 64.2 Å². The van der Waals surface area contributed by atoms with Crippen molar-refractivity contribution in [1.29, 1.82) is 0 Å². The third-order valence-corrected chi connectivity index (χ3v) is 4.59. The van der Waals surface area contributed by atoms with Gasteiger partial charge in [0.25, 0.3) is 0 Å². The standard InChI is InChI=1S/C22H38N2O8/c1-3-5-7-9-11-13-15-31-21(29)23-17(19(25)26)18(20(27)28)24-22(30)32-16-14-12-10-8-6-4-2/h3-16H2,1-2H3,(H,23,29)(H,24,30)(H,25,26)(H,27,28)/b18-17+. The summed E-state index contributed by atoms with van der Waals surface area (Å²) in [7, 11) is 0. The van der Waals surface area contributed by atoms with Crippen LogP contribution >= 0.6 is 0 Å². The maximum Gasteiger partial charge on any atom is 0.411 e. The van der Waals surface area contributed by atoms with Gasteiger partial charge in [-0.25, -0.2) is 19.2 Å². The highest BCUT2D eigenvalue weighted by Crippen LogP contribution is 2.07. The molecule has 0 aromatic rings. The van der Waals surface area contributed by atoms with Gasteiger partial charge in [-0.3, -0.25) is 10.6 Å². The lowest BCUT2D eigenvalue weighted by Gasteiger charge is -2.12. The first kappa shape index (κ1) is 29.2. The molecule has 0 aliphatic rings. The highest BCUT2D eigenvalue weighted by molar-refractivity contribution is 6.02. The summed E-state index contributed by atoms with van der Waals surface area (Å²) in [5.41, 5.74) is -2.02. The Balaban J connectivity index is 4.61. The van der Waals surface area contributed by atoms with Crippen LogP contribution in [0.3, 0.4) is 0 Å². The molecule has 0 rings (SSSR count). The minimum Gasteiger partial charge on any atom is -0.477 e. The summed E-state index contributed by atoms with van der Waals surface area (Å²) in [6, 6.07) is 0. The first-order chi connectivity index (χ1) is 15.3. The Bertz CT molecular complexity index is 567. The van der Waals surface area contributed by atoms with E-state index in [9.17, 15) is 29.4 Å². The van der Waals surface area contributed by atoms with E-state index in [1.165, 1.54) is 0 Å². The molecule has 0 saturated carbocycles. The van der Waals surface area contributed by atoms with Gasteiger partial charge in [-0.1, -0.05) is 78.1 Å². The van der Waals surface area contributed by atoms with E-state index >= 15 is 0 Å². The average Bonchev–Trinajstić information content (AvgIpc) is 2.74. The van der Waals surface area contributed by atoms with Crippen LogP contribution < -0.4 is 10.6 Å². The molecule has 0 spiro atoms. The van der Waals surface area contributed by atoms with Gasteiger partial charge >= 0.3 is 24.1 Å². The number of rotatable bonds is 18. The Hall–Kier alpha value is -2.78. The molecule has 0 saturated heterocycles. The molecule has 2 amide bonds. The van der Waals surface area contributed by atoms with Crippen molar-refractivity contribution in [2.75, 3.05) is 13.2 Å². The number of carbonyl (C=O) groups excluding carboxylic acids is 2. The zero-order valence-corrected chi connectivity index (χ0v) is 19.2. The second-order valence-corrected chi connectivity index (χ2v) is 7.42. The first-order valence-corrected chi connectivity index (χ1v) is 11.4. The largest absolute Gasteiger partial charge is 0.477 e. The SMILES string of the molecule is CCCCCCCCOC(=O)N/C(C(=O)O)=C(/NC(=O)OCCCCCCCC)C(=O)O. The lowest BCUT2D eigenvalue weighted by molar-refractivity contribution is -0.136. The van der Waals surface area contributed by atoms with Gasteiger partial charge < -0.3 is 19.7 Å². The third-order valence-electron chi connectivity index (χ3n) is 4.59. The van der Waals surface area contributed by atoms with Crippen LogP contribution in [0.4, 0.5) is 9.59 Å². The normalized spacial score (nSPS) is 11.3. The second kappa shape index (κ2) is 18.9. The Morgan fingerprint density at radius 3 is 1.19 bits per heavy atom. The van der Waals surface area contributed by atoms with Crippen molar-refractivity contribution in [3.8, 4) is 0 Å². The van der Waals surface area contributed by atoms with Gasteiger partial charge in [-0.05, 0) is 12.8 Å². The van der Waals surface area contributed by atoms with Crippen LogP contribution in [0.2, 0.25) is 0 Å². The van der Waals surface area contributed by atoms with Crippen LogP contribution in [0.5, 0.6) is 0 Å². The smallest absolute Gasteiger partial charge is 0.411 e. The zero-order chi connectivity index (χ0) is 24.2. The lowest BCUT2D eigenvalue weighted by atomic mass is 10.1. The maximum atomic E-state index is 11.9. The number of carboxylic acids is 2. The number of carboxylic acid groups (broad SMARTS) is 2. The van der Waals surface area contributed by atoms with Gasteiger partial charge in [0, 0.05) is 0 Å². The zero-order valence-electron chi connectivity index (χ0n) is 19.2.